The van der Waals surface area contributed by atoms with Crippen molar-refractivity contribution < 1.29 is 13.2 Å². The first-order valence-corrected chi connectivity index (χ1v) is 7.02. The lowest BCUT2D eigenvalue weighted by Crippen LogP contribution is -2.48. The fourth-order valence-electron chi connectivity index (χ4n) is 3.21. The van der Waals surface area contributed by atoms with Crippen molar-refractivity contribution in [3.63, 3.8) is 0 Å². The Bertz CT molecular complexity index is 398. The van der Waals surface area contributed by atoms with E-state index in [0.29, 0.717) is 12.8 Å². The van der Waals surface area contributed by atoms with Gasteiger partial charge in [-0.3, -0.25) is 4.79 Å². The third-order valence-corrected chi connectivity index (χ3v) is 6.79. The van der Waals surface area contributed by atoms with Crippen LogP contribution in [0.2, 0.25) is 0 Å². The summed E-state index contributed by atoms with van der Waals surface area (Å²) < 4.78 is 21.9. The zero-order valence-corrected chi connectivity index (χ0v) is 9.78. The van der Waals surface area contributed by atoms with Gasteiger partial charge in [0.1, 0.15) is 0 Å². The van der Waals surface area contributed by atoms with Crippen LogP contribution >= 0.6 is 10.7 Å². The summed E-state index contributed by atoms with van der Waals surface area (Å²) in [6.45, 7) is 3.69. The quantitative estimate of drug-likeness (QED) is 0.652. The van der Waals surface area contributed by atoms with E-state index in [1.54, 1.807) is 0 Å². The lowest BCUT2D eigenvalue weighted by molar-refractivity contribution is -0.121. The second-order valence-electron chi connectivity index (χ2n) is 4.85. The fraction of sp³-hybridized carbons (Fsp3) is 0.889. The molecule has 0 aliphatic heterocycles. The summed E-state index contributed by atoms with van der Waals surface area (Å²) in [6, 6.07) is 0. The van der Waals surface area contributed by atoms with E-state index in [2.05, 4.69) is 0 Å². The predicted molar refractivity (Wildman–Crippen MR) is 53.6 cm³/mol. The second kappa shape index (κ2) is 2.53. The summed E-state index contributed by atoms with van der Waals surface area (Å²) in [5, 5.41) is 0. The topological polar surface area (TPSA) is 51.2 Å². The van der Waals surface area contributed by atoms with Crippen molar-refractivity contribution in [3.8, 4) is 0 Å². The molecule has 2 atom stereocenters. The molecule has 2 aliphatic carbocycles. The van der Waals surface area contributed by atoms with E-state index in [9.17, 15) is 13.2 Å². The minimum absolute atomic E-state index is 0.184. The number of hydrogen-bond acceptors (Lipinski definition) is 3. The maximum Gasteiger partial charge on any atom is 0.245 e. The molecule has 0 heterocycles. The van der Waals surface area contributed by atoms with E-state index >= 15 is 0 Å². The van der Waals surface area contributed by atoms with E-state index in [0.717, 1.165) is 6.42 Å². The molecule has 0 N–H and O–H groups in total. The van der Waals surface area contributed by atoms with Gasteiger partial charge < -0.3 is 0 Å². The number of carbonyl (C=O) groups excluding carboxylic acids is 1. The maximum absolute atomic E-state index is 11.8. The lowest BCUT2D eigenvalue weighted by Gasteiger charge is -2.32. The van der Waals surface area contributed by atoms with Crippen molar-refractivity contribution >= 4 is 25.5 Å². The van der Waals surface area contributed by atoms with Crippen molar-refractivity contribution in [2.45, 2.75) is 37.9 Å². The van der Waals surface area contributed by atoms with Crippen LogP contribution < -0.4 is 0 Å². The van der Waals surface area contributed by atoms with Gasteiger partial charge in [-0.05, 0) is 24.2 Å². The first-order valence-electron chi connectivity index (χ1n) is 4.71. The molecular weight excluding hydrogens is 224 g/mol. The molecule has 80 valence electrons. The number of carbonyl (C=O) groups is 1. The number of rotatable bonds is 1. The van der Waals surface area contributed by atoms with Crippen LogP contribution in [0.4, 0.5) is 0 Å². The summed E-state index contributed by atoms with van der Waals surface area (Å²) in [7, 11) is 1.65. The van der Waals surface area contributed by atoms with Crippen LogP contribution in [0, 0.1) is 11.3 Å². The van der Waals surface area contributed by atoms with Crippen molar-refractivity contribution in [1.29, 1.82) is 0 Å². The van der Waals surface area contributed by atoms with Crippen LogP contribution in [-0.2, 0) is 13.8 Å². The van der Waals surface area contributed by atoms with E-state index in [-0.39, 0.29) is 11.7 Å². The summed E-state index contributed by atoms with van der Waals surface area (Å²) in [5.41, 5.74) is -0.495. The third-order valence-electron chi connectivity index (χ3n) is 4.20. The molecule has 14 heavy (non-hydrogen) atoms. The highest BCUT2D eigenvalue weighted by molar-refractivity contribution is 8.15. The molecule has 5 heteroatoms. The van der Waals surface area contributed by atoms with Crippen molar-refractivity contribution in [3.05, 3.63) is 0 Å². The second-order valence-corrected chi connectivity index (χ2v) is 7.64. The Labute approximate surface area is 88.2 Å². The van der Waals surface area contributed by atoms with Gasteiger partial charge in [0.2, 0.25) is 9.05 Å². The Morgan fingerprint density at radius 3 is 2.21 bits per heavy atom. The zero-order valence-electron chi connectivity index (χ0n) is 8.21. The summed E-state index contributed by atoms with van der Waals surface area (Å²) in [4.78, 5) is 11.8. The van der Waals surface area contributed by atoms with Gasteiger partial charge in [-0.2, -0.15) is 0 Å². The smallest absolute Gasteiger partial charge is 0.245 e. The number of ketones is 1. The van der Waals surface area contributed by atoms with Crippen molar-refractivity contribution in [1.82, 2.24) is 0 Å². The molecule has 2 fully saturated rings. The Morgan fingerprint density at radius 2 is 2.00 bits per heavy atom. The minimum atomic E-state index is -3.81. The van der Waals surface area contributed by atoms with Gasteiger partial charge in [0.05, 0.1) is 0 Å². The molecular formula is C9H13ClO3S. The highest BCUT2D eigenvalue weighted by Crippen LogP contribution is 2.62. The number of halogens is 1. The zero-order chi connectivity index (χ0) is 10.8. The van der Waals surface area contributed by atoms with Crippen LogP contribution in [0.25, 0.3) is 0 Å². The van der Waals surface area contributed by atoms with E-state index in [1.165, 1.54) is 0 Å². The Kier molecular flexibility index (Phi) is 1.88. The van der Waals surface area contributed by atoms with Gasteiger partial charge in [-0.25, -0.2) is 8.42 Å². The van der Waals surface area contributed by atoms with Gasteiger partial charge in [-0.1, -0.05) is 13.8 Å². The molecule has 2 bridgehead atoms. The molecule has 0 aromatic heterocycles. The van der Waals surface area contributed by atoms with Gasteiger partial charge in [-0.15, -0.1) is 0 Å². The molecule has 0 amide bonds. The standard InChI is InChI=1S/C9H13ClO3S/c1-8(2)6-3-4-9(8,7(11)5-6)14(10,12)13/h6H,3-5H2,1-2H3. The molecule has 2 rings (SSSR count). The van der Waals surface area contributed by atoms with E-state index < -0.39 is 19.2 Å². The normalized spacial score (nSPS) is 40.5. The average molecular weight is 237 g/mol. The summed E-state index contributed by atoms with van der Waals surface area (Å²) in [6.07, 6.45) is 1.57. The first-order chi connectivity index (χ1) is 6.23. The van der Waals surface area contributed by atoms with Crippen LogP contribution in [0.5, 0.6) is 0 Å². The predicted octanol–water partition coefficient (Wildman–Crippen LogP) is 1.70. The van der Waals surface area contributed by atoms with Crippen molar-refractivity contribution in [2.24, 2.45) is 11.3 Å². The first kappa shape index (κ1) is 10.4. The van der Waals surface area contributed by atoms with Gasteiger partial charge in [0, 0.05) is 17.1 Å². The highest BCUT2D eigenvalue weighted by atomic mass is 35.7. The molecule has 0 saturated heterocycles. The van der Waals surface area contributed by atoms with Crippen LogP contribution in [-0.4, -0.2) is 18.9 Å². The van der Waals surface area contributed by atoms with Crippen molar-refractivity contribution in [2.75, 3.05) is 0 Å². The number of Topliss-reactive ketones (excluding diaryl/α,β-unsaturated/α-hetero) is 1. The Morgan fingerprint density at radius 1 is 1.43 bits per heavy atom. The van der Waals surface area contributed by atoms with Crippen LogP contribution in [0.3, 0.4) is 0 Å². The Hall–Kier alpha value is -0.0900. The average Bonchev–Trinajstić information content (AvgIpc) is 2.34. The SMILES string of the molecule is CC1(C)C2CCC1(S(=O)(=O)Cl)C(=O)C2. The summed E-state index contributed by atoms with van der Waals surface area (Å²) in [5.74, 6) is -0.00252. The fourth-order valence-corrected chi connectivity index (χ4v) is 5.81. The molecule has 3 nitrogen and oxygen atoms in total. The molecule has 0 aromatic rings. The van der Waals surface area contributed by atoms with Crippen LogP contribution in [0.1, 0.15) is 33.1 Å². The molecule has 0 spiro atoms. The highest BCUT2D eigenvalue weighted by Gasteiger charge is 2.70. The maximum atomic E-state index is 11.8. The van der Waals surface area contributed by atoms with E-state index in [4.69, 9.17) is 10.7 Å². The van der Waals surface area contributed by atoms with Gasteiger partial charge in [0.15, 0.2) is 10.5 Å². The lowest BCUT2D eigenvalue weighted by atomic mass is 9.81. The van der Waals surface area contributed by atoms with Crippen LogP contribution in [0.15, 0.2) is 0 Å². The molecule has 0 radical (unpaired) electrons. The largest absolute Gasteiger partial charge is 0.298 e. The Balaban J connectivity index is 2.68. The molecule has 2 aliphatic rings. The summed E-state index contributed by atoms with van der Waals surface area (Å²) >= 11 is 0. The number of hydrogen-bond donors (Lipinski definition) is 0. The minimum Gasteiger partial charge on any atom is -0.298 e. The van der Waals surface area contributed by atoms with Gasteiger partial charge in [0.25, 0.3) is 0 Å². The molecule has 0 aromatic carbocycles. The molecule has 2 unspecified atom stereocenters. The third kappa shape index (κ3) is 0.890. The monoisotopic (exact) mass is 236 g/mol. The van der Waals surface area contributed by atoms with Gasteiger partial charge >= 0.3 is 0 Å². The van der Waals surface area contributed by atoms with E-state index in [1.807, 2.05) is 13.8 Å². The molecule has 2 saturated carbocycles. The number of fused-ring (bicyclic) bond motifs is 2.